The van der Waals surface area contributed by atoms with Crippen molar-refractivity contribution in [2.75, 3.05) is 5.32 Å². The molecule has 4 rings (SSSR count). The number of benzene rings is 3. The van der Waals surface area contributed by atoms with E-state index in [0.717, 1.165) is 40.2 Å². The van der Waals surface area contributed by atoms with Crippen molar-refractivity contribution >= 4 is 11.9 Å². The van der Waals surface area contributed by atoms with E-state index in [1.54, 1.807) is 11.6 Å². The van der Waals surface area contributed by atoms with Crippen molar-refractivity contribution in [2.45, 2.75) is 19.5 Å². The highest BCUT2D eigenvalue weighted by molar-refractivity contribution is 6.03. The molecule has 0 aliphatic rings. The van der Waals surface area contributed by atoms with Gasteiger partial charge in [-0.05, 0) is 30.7 Å². The Morgan fingerprint density at radius 2 is 1.67 bits per heavy atom. The fourth-order valence-electron chi connectivity index (χ4n) is 3.66. The Morgan fingerprint density at radius 1 is 0.970 bits per heavy atom. The molecule has 3 aromatic carbocycles. The van der Waals surface area contributed by atoms with Crippen LogP contribution in [0.3, 0.4) is 0 Å². The molecular weight excluding hydrogens is 427 g/mol. The number of halogens is 3. The lowest BCUT2D eigenvalue weighted by Crippen LogP contribution is -2.16. The smallest absolute Gasteiger partial charge is 0.313 e. The van der Waals surface area contributed by atoms with E-state index in [1.165, 1.54) is 12.1 Å². The van der Waals surface area contributed by atoms with Gasteiger partial charge in [-0.3, -0.25) is 10.1 Å². The molecule has 0 aliphatic carbocycles. The number of alkyl halides is 3. The third-order valence-electron chi connectivity index (χ3n) is 5.38. The first kappa shape index (κ1) is 22.3. The Kier molecular flexibility index (Phi) is 6.05. The van der Waals surface area contributed by atoms with Crippen molar-refractivity contribution in [3.63, 3.8) is 0 Å². The third kappa shape index (κ3) is 4.98. The van der Waals surface area contributed by atoms with Crippen LogP contribution in [-0.2, 0) is 19.6 Å². The van der Waals surface area contributed by atoms with Gasteiger partial charge in [-0.1, -0.05) is 66.2 Å². The maximum Gasteiger partial charge on any atom is 0.416 e. The molecule has 4 nitrogen and oxygen atoms in total. The fraction of sp³-hybridized carbons (Fsp3) is 0.154. The summed E-state index contributed by atoms with van der Waals surface area (Å²) in [5.41, 5.74) is 3.73. The van der Waals surface area contributed by atoms with Crippen molar-refractivity contribution in [1.29, 1.82) is 0 Å². The van der Waals surface area contributed by atoms with Gasteiger partial charge in [-0.2, -0.15) is 13.2 Å². The Hall–Kier alpha value is -3.87. The van der Waals surface area contributed by atoms with Gasteiger partial charge in [0.15, 0.2) is 0 Å². The lowest BCUT2D eigenvalue weighted by atomic mass is 10.0. The van der Waals surface area contributed by atoms with Crippen LogP contribution in [0.2, 0.25) is 0 Å². The summed E-state index contributed by atoms with van der Waals surface area (Å²) >= 11 is 0. The number of imidazole rings is 1. The van der Waals surface area contributed by atoms with Crippen LogP contribution in [0.4, 0.5) is 19.1 Å². The second-order valence-corrected chi connectivity index (χ2v) is 7.85. The summed E-state index contributed by atoms with van der Waals surface area (Å²) in [7, 11) is 1.78. The molecule has 0 saturated carbocycles. The van der Waals surface area contributed by atoms with E-state index in [-0.39, 0.29) is 11.5 Å². The van der Waals surface area contributed by atoms with Gasteiger partial charge in [0.2, 0.25) is 5.95 Å². The van der Waals surface area contributed by atoms with Crippen molar-refractivity contribution in [1.82, 2.24) is 9.55 Å². The van der Waals surface area contributed by atoms with Gasteiger partial charge in [0.05, 0.1) is 17.0 Å². The summed E-state index contributed by atoms with van der Waals surface area (Å²) in [5.74, 6) is -0.394. The molecule has 0 aliphatic heterocycles. The molecular formula is C26H22F3N3O. The van der Waals surface area contributed by atoms with Crippen LogP contribution in [0.15, 0.2) is 78.9 Å². The van der Waals surface area contributed by atoms with Crippen LogP contribution in [0.1, 0.15) is 32.7 Å². The molecule has 0 atom stereocenters. The van der Waals surface area contributed by atoms with Gasteiger partial charge in [-0.15, -0.1) is 0 Å². The average Bonchev–Trinajstić information content (AvgIpc) is 3.09. The molecule has 168 valence electrons. The third-order valence-corrected chi connectivity index (χ3v) is 5.38. The molecule has 7 heteroatoms. The maximum atomic E-state index is 13.1. The number of carbonyl (C=O) groups excluding carboxylic acids is 1. The maximum absolute atomic E-state index is 13.1. The van der Waals surface area contributed by atoms with Crippen LogP contribution < -0.4 is 5.32 Å². The number of hydrogen-bond donors (Lipinski definition) is 1. The van der Waals surface area contributed by atoms with Gasteiger partial charge >= 0.3 is 6.18 Å². The zero-order valence-electron chi connectivity index (χ0n) is 18.1. The Balaban J connectivity index is 1.71. The number of nitrogens with zero attached hydrogens (tertiary/aromatic N) is 2. The summed E-state index contributed by atoms with van der Waals surface area (Å²) in [5, 5.41) is 2.68. The SMILES string of the molecule is Cc1ccc(-c2c(Cc3ccccc3)nc(NC(=O)c3cccc(C(F)(F)F)c3)n2C)cc1. The van der Waals surface area contributed by atoms with Gasteiger partial charge in [-0.25, -0.2) is 4.98 Å². The van der Waals surface area contributed by atoms with E-state index >= 15 is 0 Å². The van der Waals surface area contributed by atoms with Gasteiger partial charge in [0.25, 0.3) is 5.91 Å². The standard InChI is InChI=1S/C26H22F3N3O/c1-17-11-13-19(14-12-17)23-22(15-18-7-4-3-5-8-18)30-25(32(23)2)31-24(33)20-9-6-10-21(16-20)26(27,28)29/h3-14,16H,15H2,1-2H3,(H,30,31,33). The molecule has 4 aromatic rings. The highest BCUT2D eigenvalue weighted by Crippen LogP contribution is 2.31. The van der Waals surface area contributed by atoms with Crippen molar-refractivity contribution in [3.8, 4) is 11.3 Å². The van der Waals surface area contributed by atoms with Gasteiger partial charge in [0, 0.05) is 24.6 Å². The molecule has 0 unspecified atom stereocenters. The molecule has 0 fully saturated rings. The van der Waals surface area contributed by atoms with Crippen LogP contribution in [-0.4, -0.2) is 15.5 Å². The topological polar surface area (TPSA) is 46.9 Å². The zero-order chi connectivity index (χ0) is 23.6. The normalized spacial score (nSPS) is 11.4. The van der Waals surface area contributed by atoms with Crippen LogP contribution in [0, 0.1) is 6.92 Å². The van der Waals surface area contributed by atoms with E-state index in [1.807, 2.05) is 61.5 Å². The Labute approximate surface area is 189 Å². The summed E-state index contributed by atoms with van der Waals surface area (Å²) in [6, 6.07) is 22.1. The lowest BCUT2D eigenvalue weighted by Gasteiger charge is -2.10. The second kappa shape index (κ2) is 8.94. The molecule has 0 radical (unpaired) electrons. The molecule has 33 heavy (non-hydrogen) atoms. The Morgan fingerprint density at radius 3 is 2.33 bits per heavy atom. The number of hydrogen-bond acceptors (Lipinski definition) is 2. The number of aromatic nitrogens is 2. The first-order valence-corrected chi connectivity index (χ1v) is 10.4. The number of rotatable bonds is 5. The minimum atomic E-state index is -4.53. The monoisotopic (exact) mass is 449 g/mol. The van der Waals surface area contributed by atoms with E-state index < -0.39 is 17.6 Å². The first-order valence-electron chi connectivity index (χ1n) is 10.4. The Bertz CT molecular complexity index is 1280. The summed E-state index contributed by atoms with van der Waals surface area (Å²) in [4.78, 5) is 17.4. The van der Waals surface area contributed by atoms with Crippen molar-refractivity contribution < 1.29 is 18.0 Å². The number of amides is 1. The molecule has 0 saturated heterocycles. The van der Waals surface area contributed by atoms with E-state index in [2.05, 4.69) is 10.3 Å². The van der Waals surface area contributed by atoms with E-state index in [4.69, 9.17) is 0 Å². The fourth-order valence-corrected chi connectivity index (χ4v) is 3.66. The first-order chi connectivity index (χ1) is 15.7. The van der Waals surface area contributed by atoms with Gasteiger partial charge in [0.1, 0.15) is 0 Å². The molecule has 1 N–H and O–H groups in total. The molecule has 1 heterocycles. The molecule has 0 bridgehead atoms. The molecule has 1 amide bonds. The highest BCUT2D eigenvalue weighted by Gasteiger charge is 2.31. The number of nitrogens with one attached hydrogen (secondary N) is 1. The largest absolute Gasteiger partial charge is 0.416 e. The quantitative estimate of drug-likeness (QED) is 0.391. The second-order valence-electron chi connectivity index (χ2n) is 7.85. The van der Waals surface area contributed by atoms with Crippen molar-refractivity contribution in [2.24, 2.45) is 7.05 Å². The molecule has 1 aromatic heterocycles. The predicted octanol–water partition coefficient (Wildman–Crippen LogP) is 6.26. The summed E-state index contributed by atoms with van der Waals surface area (Å²) in [6.07, 6.45) is -3.99. The number of aryl methyl sites for hydroxylation is 1. The average molecular weight is 449 g/mol. The predicted molar refractivity (Wildman–Crippen MR) is 122 cm³/mol. The molecule has 0 spiro atoms. The number of carbonyl (C=O) groups is 1. The summed E-state index contributed by atoms with van der Waals surface area (Å²) < 4.78 is 40.9. The highest BCUT2D eigenvalue weighted by atomic mass is 19.4. The number of anilines is 1. The minimum Gasteiger partial charge on any atom is -0.313 e. The van der Waals surface area contributed by atoms with E-state index in [0.29, 0.717) is 6.42 Å². The van der Waals surface area contributed by atoms with Crippen LogP contribution >= 0.6 is 0 Å². The zero-order valence-corrected chi connectivity index (χ0v) is 18.1. The van der Waals surface area contributed by atoms with Gasteiger partial charge < -0.3 is 4.57 Å². The van der Waals surface area contributed by atoms with Crippen LogP contribution in [0.25, 0.3) is 11.3 Å². The summed E-state index contributed by atoms with van der Waals surface area (Å²) in [6.45, 7) is 2.00. The van der Waals surface area contributed by atoms with E-state index in [9.17, 15) is 18.0 Å². The lowest BCUT2D eigenvalue weighted by molar-refractivity contribution is -0.137. The van der Waals surface area contributed by atoms with Crippen LogP contribution in [0.5, 0.6) is 0 Å². The minimum absolute atomic E-state index is 0.0886. The van der Waals surface area contributed by atoms with Crippen molar-refractivity contribution in [3.05, 3.63) is 107 Å².